The number of benzene rings is 1. The SMILES string of the molecule is CCCCNC(=O)NC(=O)Cn1c(=O)n(CCC)c2ccccc21. The van der Waals surface area contributed by atoms with E-state index in [0.717, 1.165) is 24.8 Å². The van der Waals surface area contributed by atoms with Crippen LogP contribution >= 0.6 is 0 Å². The lowest BCUT2D eigenvalue weighted by molar-refractivity contribution is -0.120. The molecule has 7 heteroatoms. The van der Waals surface area contributed by atoms with Crippen molar-refractivity contribution in [1.29, 1.82) is 0 Å². The largest absolute Gasteiger partial charge is 0.338 e. The van der Waals surface area contributed by atoms with Gasteiger partial charge in [-0.25, -0.2) is 9.59 Å². The van der Waals surface area contributed by atoms with E-state index < -0.39 is 11.9 Å². The van der Waals surface area contributed by atoms with Crippen molar-refractivity contribution in [3.8, 4) is 0 Å². The van der Waals surface area contributed by atoms with Crippen molar-refractivity contribution in [3.63, 3.8) is 0 Å². The third kappa shape index (κ3) is 4.04. The van der Waals surface area contributed by atoms with Gasteiger partial charge in [-0.15, -0.1) is 0 Å². The maximum atomic E-state index is 12.6. The number of urea groups is 1. The molecule has 0 radical (unpaired) electrons. The molecule has 24 heavy (non-hydrogen) atoms. The maximum Gasteiger partial charge on any atom is 0.329 e. The van der Waals surface area contributed by atoms with E-state index in [2.05, 4.69) is 10.6 Å². The molecular weight excluding hydrogens is 308 g/mol. The summed E-state index contributed by atoms with van der Waals surface area (Å²) in [5.41, 5.74) is 1.25. The van der Waals surface area contributed by atoms with E-state index in [4.69, 9.17) is 0 Å². The van der Waals surface area contributed by atoms with Crippen molar-refractivity contribution in [3.05, 3.63) is 34.7 Å². The first-order valence-electron chi connectivity index (χ1n) is 8.34. The molecule has 0 fully saturated rings. The molecule has 0 bridgehead atoms. The van der Waals surface area contributed by atoms with E-state index in [1.807, 2.05) is 32.0 Å². The summed E-state index contributed by atoms with van der Waals surface area (Å²) in [6.45, 7) is 4.93. The number of hydrogen-bond acceptors (Lipinski definition) is 3. The lowest BCUT2D eigenvalue weighted by Gasteiger charge is -2.06. The topological polar surface area (TPSA) is 85.1 Å². The average molecular weight is 332 g/mol. The summed E-state index contributed by atoms with van der Waals surface area (Å²) in [7, 11) is 0. The lowest BCUT2D eigenvalue weighted by atomic mass is 10.3. The monoisotopic (exact) mass is 332 g/mol. The van der Waals surface area contributed by atoms with Crippen molar-refractivity contribution in [2.75, 3.05) is 6.54 Å². The molecule has 0 saturated carbocycles. The molecule has 0 spiro atoms. The molecule has 3 amide bonds. The zero-order valence-electron chi connectivity index (χ0n) is 14.2. The first-order valence-corrected chi connectivity index (χ1v) is 8.34. The summed E-state index contributed by atoms with van der Waals surface area (Å²) in [6.07, 6.45) is 2.63. The highest BCUT2D eigenvalue weighted by atomic mass is 16.2. The quantitative estimate of drug-likeness (QED) is 0.759. The van der Waals surface area contributed by atoms with Crippen LogP contribution in [-0.2, 0) is 17.9 Å². The molecule has 1 aromatic carbocycles. The van der Waals surface area contributed by atoms with Gasteiger partial charge in [0.1, 0.15) is 6.54 Å². The van der Waals surface area contributed by atoms with E-state index in [9.17, 15) is 14.4 Å². The fraction of sp³-hybridized carbons (Fsp3) is 0.471. The van der Waals surface area contributed by atoms with E-state index in [1.54, 1.807) is 10.6 Å². The first-order chi connectivity index (χ1) is 11.6. The predicted octanol–water partition coefficient (Wildman–Crippen LogP) is 1.84. The number of para-hydroxylation sites is 2. The van der Waals surface area contributed by atoms with Gasteiger partial charge in [0, 0.05) is 13.1 Å². The summed E-state index contributed by atoms with van der Waals surface area (Å²) in [6, 6.07) is 6.82. The maximum absolute atomic E-state index is 12.6. The van der Waals surface area contributed by atoms with Crippen molar-refractivity contribution in [2.45, 2.75) is 46.2 Å². The molecule has 1 heterocycles. The molecule has 0 saturated heterocycles. The van der Waals surface area contributed by atoms with Crippen LogP contribution in [0, 0.1) is 0 Å². The Morgan fingerprint density at radius 3 is 2.33 bits per heavy atom. The zero-order chi connectivity index (χ0) is 17.5. The Hall–Kier alpha value is -2.57. The van der Waals surface area contributed by atoms with E-state index in [1.165, 1.54) is 4.57 Å². The van der Waals surface area contributed by atoms with Crippen LogP contribution in [0.25, 0.3) is 11.0 Å². The standard InChI is InChI=1S/C17H24N4O3/c1-3-5-10-18-16(23)19-15(22)12-21-14-9-7-6-8-13(14)20(11-4-2)17(21)24/h6-9H,3-5,10-12H2,1-2H3,(H2,18,19,22,23). The molecule has 0 atom stereocenters. The van der Waals surface area contributed by atoms with Gasteiger partial charge in [-0.2, -0.15) is 0 Å². The fourth-order valence-electron chi connectivity index (χ4n) is 2.60. The third-order valence-corrected chi connectivity index (χ3v) is 3.74. The van der Waals surface area contributed by atoms with Gasteiger partial charge in [-0.1, -0.05) is 32.4 Å². The zero-order valence-corrected chi connectivity index (χ0v) is 14.2. The van der Waals surface area contributed by atoms with Gasteiger partial charge in [-0.05, 0) is 25.0 Å². The van der Waals surface area contributed by atoms with Crippen LogP contribution in [0.3, 0.4) is 0 Å². The highest BCUT2D eigenvalue weighted by molar-refractivity contribution is 5.94. The number of nitrogens with one attached hydrogen (secondary N) is 2. The van der Waals surface area contributed by atoms with Gasteiger partial charge in [0.15, 0.2) is 0 Å². The fourth-order valence-corrected chi connectivity index (χ4v) is 2.60. The summed E-state index contributed by atoms with van der Waals surface area (Å²) in [5.74, 6) is -0.509. The van der Waals surface area contributed by atoms with Gasteiger partial charge in [-0.3, -0.25) is 19.2 Å². The van der Waals surface area contributed by atoms with Gasteiger partial charge < -0.3 is 5.32 Å². The Morgan fingerprint density at radius 1 is 1.04 bits per heavy atom. The molecule has 7 nitrogen and oxygen atoms in total. The Kier molecular flexibility index (Phi) is 6.17. The summed E-state index contributed by atoms with van der Waals surface area (Å²) < 4.78 is 3.06. The molecule has 2 rings (SSSR count). The molecule has 0 aliphatic rings. The Morgan fingerprint density at radius 2 is 1.71 bits per heavy atom. The minimum Gasteiger partial charge on any atom is -0.338 e. The second-order valence-corrected chi connectivity index (χ2v) is 5.67. The number of aromatic nitrogens is 2. The number of fused-ring (bicyclic) bond motifs is 1. The summed E-state index contributed by atoms with van der Waals surface area (Å²) in [4.78, 5) is 36.3. The van der Waals surface area contributed by atoms with Crippen LogP contribution in [0.5, 0.6) is 0 Å². The normalized spacial score (nSPS) is 10.8. The van der Waals surface area contributed by atoms with Crippen LogP contribution < -0.4 is 16.3 Å². The molecule has 0 aliphatic heterocycles. The van der Waals surface area contributed by atoms with Gasteiger partial charge in [0.25, 0.3) is 0 Å². The summed E-state index contributed by atoms with van der Waals surface area (Å²) in [5, 5.41) is 4.88. The van der Waals surface area contributed by atoms with E-state index >= 15 is 0 Å². The smallest absolute Gasteiger partial charge is 0.329 e. The number of amides is 3. The Bertz CT molecular complexity index is 776. The van der Waals surface area contributed by atoms with E-state index in [-0.39, 0.29) is 12.2 Å². The molecule has 0 aliphatic carbocycles. The number of carbonyl (C=O) groups excluding carboxylic acids is 2. The number of imide groups is 1. The van der Waals surface area contributed by atoms with Crippen LogP contribution in [0.15, 0.2) is 29.1 Å². The Labute approximate surface area is 140 Å². The van der Waals surface area contributed by atoms with Gasteiger partial charge in [0.2, 0.25) is 5.91 Å². The van der Waals surface area contributed by atoms with Crippen molar-refractivity contribution < 1.29 is 9.59 Å². The van der Waals surface area contributed by atoms with Gasteiger partial charge in [0.05, 0.1) is 11.0 Å². The molecule has 130 valence electrons. The highest BCUT2D eigenvalue weighted by Gasteiger charge is 2.15. The number of rotatable bonds is 7. The number of carbonyl (C=O) groups is 2. The van der Waals surface area contributed by atoms with Crippen molar-refractivity contribution in [1.82, 2.24) is 19.8 Å². The molecule has 0 unspecified atom stereocenters. The Balaban J connectivity index is 2.15. The second kappa shape index (κ2) is 8.33. The third-order valence-electron chi connectivity index (χ3n) is 3.74. The van der Waals surface area contributed by atoms with Crippen molar-refractivity contribution >= 4 is 23.0 Å². The van der Waals surface area contributed by atoms with Gasteiger partial charge >= 0.3 is 11.7 Å². The van der Waals surface area contributed by atoms with Crippen LogP contribution in [-0.4, -0.2) is 27.6 Å². The highest BCUT2D eigenvalue weighted by Crippen LogP contribution is 2.13. The van der Waals surface area contributed by atoms with E-state index in [0.29, 0.717) is 18.6 Å². The molecular formula is C17H24N4O3. The molecule has 2 N–H and O–H groups in total. The van der Waals surface area contributed by atoms with Crippen LogP contribution in [0.4, 0.5) is 4.79 Å². The average Bonchev–Trinajstić information content (AvgIpc) is 2.81. The summed E-state index contributed by atoms with van der Waals surface area (Å²) >= 11 is 0. The second-order valence-electron chi connectivity index (χ2n) is 5.67. The van der Waals surface area contributed by atoms with Crippen LogP contribution in [0.2, 0.25) is 0 Å². The number of hydrogen-bond donors (Lipinski definition) is 2. The first kappa shape index (κ1) is 17.8. The van der Waals surface area contributed by atoms with Crippen LogP contribution in [0.1, 0.15) is 33.1 Å². The molecule has 1 aromatic heterocycles. The number of imidazole rings is 1. The number of aryl methyl sites for hydroxylation is 1. The predicted molar refractivity (Wildman–Crippen MR) is 92.9 cm³/mol. The van der Waals surface area contributed by atoms with Crippen molar-refractivity contribution in [2.24, 2.45) is 0 Å². The minimum absolute atomic E-state index is 0.183. The number of unbranched alkanes of at least 4 members (excludes halogenated alkanes) is 1. The molecule has 2 aromatic rings. The number of nitrogens with zero attached hydrogens (tertiary/aromatic N) is 2. The minimum atomic E-state index is -0.529. The lowest BCUT2D eigenvalue weighted by Crippen LogP contribution is -2.42.